The maximum absolute atomic E-state index is 13.0. The Labute approximate surface area is 160 Å². The Bertz CT molecular complexity index is 737. The fourth-order valence-corrected chi connectivity index (χ4v) is 4.01. The number of carbonyl (C=O) groups is 2. The first kappa shape index (κ1) is 19.3. The molecule has 1 aliphatic heterocycles. The number of allylic oxidation sites excluding steroid dienone is 1. The SMILES string of the molecule is CCN1C(=O)NC(c2cccc(O)c2)C(C(=O)OCC2CCCCC2)=C1C. The topological polar surface area (TPSA) is 78.9 Å². The van der Waals surface area contributed by atoms with Gasteiger partial charge in [0.05, 0.1) is 18.2 Å². The number of nitrogens with zero attached hydrogens (tertiary/aromatic N) is 1. The second kappa shape index (κ2) is 8.46. The number of hydrogen-bond donors (Lipinski definition) is 2. The standard InChI is InChI=1S/C21H28N2O4/c1-3-23-14(2)18(20(25)27-13-15-8-5-4-6-9-15)19(22-21(23)26)16-10-7-11-17(24)12-16/h7,10-12,15,19,24H,3-6,8-9,13H2,1-2H3,(H,22,26). The number of nitrogens with one attached hydrogen (secondary N) is 1. The molecule has 2 amide bonds. The second-order valence-corrected chi connectivity index (χ2v) is 7.32. The number of amides is 2. The number of rotatable bonds is 5. The summed E-state index contributed by atoms with van der Waals surface area (Å²) in [6, 6.07) is 5.72. The molecular formula is C21H28N2O4. The van der Waals surface area contributed by atoms with Crippen molar-refractivity contribution >= 4 is 12.0 Å². The molecule has 0 spiro atoms. The first-order chi connectivity index (χ1) is 13.0. The minimum atomic E-state index is -0.633. The van der Waals surface area contributed by atoms with E-state index in [1.807, 2.05) is 6.92 Å². The van der Waals surface area contributed by atoms with Crippen LogP contribution < -0.4 is 5.32 Å². The molecule has 2 aliphatic rings. The number of carbonyl (C=O) groups excluding carboxylic acids is 2. The third kappa shape index (κ3) is 4.26. The molecular weight excluding hydrogens is 344 g/mol. The molecule has 1 atom stereocenters. The first-order valence-corrected chi connectivity index (χ1v) is 9.76. The largest absolute Gasteiger partial charge is 0.508 e. The average molecular weight is 372 g/mol. The minimum Gasteiger partial charge on any atom is -0.508 e. The summed E-state index contributed by atoms with van der Waals surface area (Å²) in [6.07, 6.45) is 5.83. The van der Waals surface area contributed by atoms with Gasteiger partial charge in [-0.05, 0) is 50.3 Å². The van der Waals surface area contributed by atoms with Gasteiger partial charge in [-0.25, -0.2) is 9.59 Å². The zero-order chi connectivity index (χ0) is 19.4. The van der Waals surface area contributed by atoms with E-state index in [9.17, 15) is 14.7 Å². The third-order valence-corrected chi connectivity index (χ3v) is 5.51. The van der Waals surface area contributed by atoms with Crippen LogP contribution >= 0.6 is 0 Å². The summed E-state index contributed by atoms with van der Waals surface area (Å²) >= 11 is 0. The number of esters is 1. The Hall–Kier alpha value is -2.50. The Morgan fingerprint density at radius 1 is 1.30 bits per heavy atom. The summed E-state index contributed by atoms with van der Waals surface area (Å²) in [5.74, 6) is 0.111. The van der Waals surface area contributed by atoms with Crippen molar-refractivity contribution in [1.29, 1.82) is 0 Å². The summed E-state index contributed by atoms with van der Waals surface area (Å²) in [5, 5.41) is 12.7. The van der Waals surface area contributed by atoms with E-state index in [-0.39, 0.29) is 11.8 Å². The Balaban J connectivity index is 1.86. The number of phenols is 1. The van der Waals surface area contributed by atoms with E-state index in [2.05, 4.69) is 5.32 Å². The zero-order valence-corrected chi connectivity index (χ0v) is 16.0. The van der Waals surface area contributed by atoms with Gasteiger partial charge >= 0.3 is 12.0 Å². The summed E-state index contributed by atoms with van der Waals surface area (Å²) in [7, 11) is 0. The smallest absolute Gasteiger partial charge is 0.338 e. The van der Waals surface area contributed by atoms with Crippen LogP contribution in [0.5, 0.6) is 5.75 Å². The highest BCUT2D eigenvalue weighted by Gasteiger charge is 2.36. The molecule has 6 nitrogen and oxygen atoms in total. The maximum atomic E-state index is 13.0. The first-order valence-electron chi connectivity index (χ1n) is 9.76. The van der Waals surface area contributed by atoms with Crippen molar-refractivity contribution in [2.45, 2.75) is 52.0 Å². The Morgan fingerprint density at radius 2 is 2.04 bits per heavy atom. The number of benzene rings is 1. The molecule has 2 N–H and O–H groups in total. The fraction of sp³-hybridized carbons (Fsp3) is 0.524. The highest BCUT2D eigenvalue weighted by molar-refractivity contribution is 5.95. The molecule has 0 aromatic heterocycles. The van der Waals surface area contributed by atoms with Gasteiger partial charge in [-0.15, -0.1) is 0 Å². The number of urea groups is 1. The molecule has 0 radical (unpaired) electrons. The molecule has 1 saturated carbocycles. The lowest BCUT2D eigenvalue weighted by atomic mass is 9.90. The fourth-order valence-electron chi connectivity index (χ4n) is 4.01. The Kier molecular flexibility index (Phi) is 6.04. The maximum Gasteiger partial charge on any atom is 0.338 e. The van der Waals surface area contributed by atoms with E-state index in [1.165, 1.54) is 24.2 Å². The molecule has 1 unspecified atom stereocenters. The van der Waals surface area contributed by atoms with Crippen LogP contribution in [0.3, 0.4) is 0 Å². The van der Waals surface area contributed by atoms with Gasteiger partial charge in [0.1, 0.15) is 5.75 Å². The molecule has 1 heterocycles. The van der Waals surface area contributed by atoms with E-state index < -0.39 is 12.0 Å². The van der Waals surface area contributed by atoms with Crippen LogP contribution in [0.4, 0.5) is 4.79 Å². The molecule has 1 fully saturated rings. The van der Waals surface area contributed by atoms with Crippen molar-refractivity contribution in [2.75, 3.05) is 13.2 Å². The molecule has 1 aromatic rings. The minimum absolute atomic E-state index is 0.0900. The lowest BCUT2D eigenvalue weighted by Crippen LogP contribution is -2.48. The molecule has 0 bridgehead atoms. The van der Waals surface area contributed by atoms with Crippen LogP contribution in [0.15, 0.2) is 35.5 Å². The van der Waals surface area contributed by atoms with Crippen LogP contribution in [0, 0.1) is 5.92 Å². The van der Waals surface area contributed by atoms with Crippen molar-refractivity contribution in [3.05, 3.63) is 41.1 Å². The average Bonchev–Trinajstić information content (AvgIpc) is 2.67. The zero-order valence-electron chi connectivity index (χ0n) is 16.0. The van der Waals surface area contributed by atoms with Crippen LogP contribution in [-0.4, -0.2) is 35.2 Å². The van der Waals surface area contributed by atoms with E-state index in [1.54, 1.807) is 31.2 Å². The molecule has 0 saturated heterocycles. The van der Waals surface area contributed by atoms with Gasteiger partial charge in [-0.1, -0.05) is 31.4 Å². The lowest BCUT2D eigenvalue weighted by molar-refractivity contribution is -0.141. The van der Waals surface area contributed by atoms with Crippen molar-refractivity contribution in [2.24, 2.45) is 5.92 Å². The number of hydrogen-bond acceptors (Lipinski definition) is 4. The monoisotopic (exact) mass is 372 g/mol. The quantitative estimate of drug-likeness (QED) is 0.769. The highest BCUT2D eigenvalue weighted by Crippen LogP contribution is 2.33. The van der Waals surface area contributed by atoms with Crippen LogP contribution in [-0.2, 0) is 9.53 Å². The number of aromatic hydroxyl groups is 1. The number of ether oxygens (including phenoxy) is 1. The van der Waals surface area contributed by atoms with Gasteiger partial charge < -0.3 is 15.2 Å². The lowest BCUT2D eigenvalue weighted by Gasteiger charge is -2.35. The summed E-state index contributed by atoms with van der Waals surface area (Å²) in [5.41, 5.74) is 1.68. The summed E-state index contributed by atoms with van der Waals surface area (Å²) in [4.78, 5) is 26.9. The summed E-state index contributed by atoms with van der Waals surface area (Å²) in [6.45, 7) is 4.52. The van der Waals surface area contributed by atoms with Crippen LogP contribution in [0.25, 0.3) is 0 Å². The van der Waals surface area contributed by atoms with Crippen molar-refractivity contribution in [1.82, 2.24) is 10.2 Å². The molecule has 27 heavy (non-hydrogen) atoms. The molecule has 1 aliphatic carbocycles. The predicted molar refractivity (Wildman–Crippen MR) is 102 cm³/mol. The third-order valence-electron chi connectivity index (χ3n) is 5.51. The highest BCUT2D eigenvalue weighted by atomic mass is 16.5. The second-order valence-electron chi connectivity index (χ2n) is 7.32. The van der Waals surface area contributed by atoms with E-state index >= 15 is 0 Å². The van der Waals surface area contributed by atoms with Gasteiger partial charge in [0.2, 0.25) is 0 Å². The van der Waals surface area contributed by atoms with Gasteiger partial charge in [0.15, 0.2) is 0 Å². The predicted octanol–water partition coefficient (Wildman–Crippen LogP) is 3.88. The number of phenolic OH excluding ortho intramolecular Hbond substituents is 1. The van der Waals surface area contributed by atoms with Crippen molar-refractivity contribution < 1.29 is 19.4 Å². The van der Waals surface area contributed by atoms with E-state index in [4.69, 9.17) is 4.74 Å². The van der Waals surface area contributed by atoms with E-state index in [0.717, 1.165) is 12.8 Å². The van der Waals surface area contributed by atoms with Gasteiger partial charge in [-0.3, -0.25) is 4.90 Å². The van der Waals surface area contributed by atoms with Gasteiger partial charge in [-0.2, -0.15) is 0 Å². The normalized spacial score (nSPS) is 21.2. The van der Waals surface area contributed by atoms with Crippen molar-refractivity contribution in [3.8, 4) is 5.75 Å². The molecule has 3 rings (SSSR count). The van der Waals surface area contributed by atoms with Crippen LogP contribution in [0.1, 0.15) is 57.6 Å². The van der Waals surface area contributed by atoms with Crippen molar-refractivity contribution in [3.63, 3.8) is 0 Å². The van der Waals surface area contributed by atoms with E-state index in [0.29, 0.717) is 35.9 Å². The summed E-state index contributed by atoms with van der Waals surface area (Å²) < 4.78 is 5.66. The van der Waals surface area contributed by atoms with Crippen LogP contribution in [0.2, 0.25) is 0 Å². The van der Waals surface area contributed by atoms with Gasteiger partial charge in [0.25, 0.3) is 0 Å². The molecule has 146 valence electrons. The molecule has 6 heteroatoms. The Morgan fingerprint density at radius 3 is 2.70 bits per heavy atom. The van der Waals surface area contributed by atoms with Gasteiger partial charge in [0, 0.05) is 12.2 Å². The molecule has 1 aromatic carbocycles.